The maximum absolute atomic E-state index is 12.1. The monoisotopic (exact) mass is 251 g/mol. The summed E-state index contributed by atoms with van der Waals surface area (Å²) in [6.45, 7) is 6.16. The minimum absolute atomic E-state index is 0.177. The molecule has 1 aliphatic rings. The third-order valence-electron chi connectivity index (χ3n) is 3.44. The molecule has 0 amide bonds. The molecule has 100 valence electrons. The van der Waals surface area contributed by atoms with Gasteiger partial charge in [0.15, 0.2) is 0 Å². The lowest BCUT2D eigenvalue weighted by Crippen LogP contribution is -2.41. The van der Waals surface area contributed by atoms with Crippen LogP contribution in [0.1, 0.15) is 26.2 Å². The van der Waals surface area contributed by atoms with E-state index < -0.39 is 0 Å². The fraction of sp³-hybridized carbons (Fsp3) is 0.692. The maximum Gasteiger partial charge on any atom is 0.331 e. The molecule has 0 atom stereocenters. The van der Waals surface area contributed by atoms with Gasteiger partial charge in [-0.15, -0.1) is 0 Å². The molecule has 2 heterocycles. The van der Waals surface area contributed by atoms with Crippen LogP contribution in [-0.4, -0.2) is 33.7 Å². The summed E-state index contributed by atoms with van der Waals surface area (Å²) in [4.78, 5) is 26.1. The van der Waals surface area contributed by atoms with Crippen molar-refractivity contribution in [1.82, 2.24) is 14.0 Å². The summed E-state index contributed by atoms with van der Waals surface area (Å²) in [5.41, 5.74) is -0.366. The van der Waals surface area contributed by atoms with Crippen molar-refractivity contribution in [2.45, 2.75) is 39.3 Å². The van der Waals surface area contributed by atoms with E-state index in [-0.39, 0.29) is 11.2 Å². The van der Waals surface area contributed by atoms with Gasteiger partial charge in [-0.2, -0.15) is 0 Å². The van der Waals surface area contributed by atoms with E-state index in [0.29, 0.717) is 13.1 Å². The average molecular weight is 251 g/mol. The smallest absolute Gasteiger partial charge is 0.302 e. The Morgan fingerprint density at radius 1 is 1.11 bits per heavy atom. The van der Waals surface area contributed by atoms with Gasteiger partial charge in [-0.05, 0) is 32.4 Å². The molecule has 1 aliphatic heterocycles. The van der Waals surface area contributed by atoms with E-state index >= 15 is 0 Å². The van der Waals surface area contributed by atoms with E-state index in [2.05, 4.69) is 4.90 Å². The summed E-state index contributed by atoms with van der Waals surface area (Å²) in [7, 11) is 0. The fourth-order valence-electron chi connectivity index (χ4n) is 2.42. The molecular weight excluding hydrogens is 230 g/mol. The second kappa shape index (κ2) is 6.00. The molecule has 0 aliphatic carbocycles. The molecule has 0 bridgehead atoms. The van der Waals surface area contributed by atoms with Gasteiger partial charge in [-0.3, -0.25) is 9.36 Å². The van der Waals surface area contributed by atoms with Crippen LogP contribution in [-0.2, 0) is 13.1 Å². The van der Waals surface area contributed by atoms with Crippen LogP contribution in [0.25, 0.3) is 0 Å². The Bertz CT molecular complexity index is 498. The largest absolute Gasteiger partial charge is 0.331 e. The third-order valence-corrected chi connectivity index (χ3v) is 3.44. The molecule has 0 saturated carbocycles. The number of hydrogen-bond donors (Lipinski definition) is 0. The summed E-state index contributed by atoms with van der Waals surface area (Å²) in [5.74, 6) is 0. The van der Waals surface area contributed by atoms with Gasteiger partial charge in [0, 0.05) is 31.9 Å². The second-order valence-corrected chi connectivity index (χ2v) is 4.83. The standard InChI is InChI=1S/C13H21N3O2/c1-2-6-15-9-5-12(17)16(13(15)18)11-10-14-7-3-4-8-14/h5,9H,2-4,6-8,10-11H2,1H3. The van der Waals surface area contributed by atoms with Gasteiger partial charge in [-0.25, -0.2) is 4.79 Å². The number of nitrogens with zero attached hydrogens (tertiary/aromatic N) is 3. The molecule has 5 nitrogen and oxygen atoms in total. The van der Waals surface area contributed by atoms with Crippen LogP contribution in [0.5, 0.6) is 0 Å². The maximum atomic E-state index is 12.1. The molecule has 5 heteroatoms. The van der Waals surface area contributed by atoms with Gasteiger partial charge in [-0.1, -0.05) is 6.92 Å². The van der Waals surface area contributed by atoms with Gasteiger partial charge in [0.25, 0.3) is 5.56 Å². The van der Waals surface area contributed by atoms with Crippen LogP contribution < -0.4 is 11.2 Å². The molecule has 1 aromatic rings. The van der Waals surface area contributed by atoms with Crippen molar-refractivity contribution in [2.75, 3.05) is 19.6 Å². The zero-order chi connectivity index (χ0) is 13.0. The minimum atomic E-state index is -0.188. The van der Waals surface area contributed by atoms with E-state index in [1.807, 2.05) is 6.92 Å². The van der Waals surface area contributed by atoms with Crippen LogP contribution in [0.4, 0.5) is 0 Å². The summed E-state index contributed by atoms with van der Waals surface area (Å²) in [5, 5.41) is 0. The number of aryl methyl sites for hydroxylation is 1. The second-order valence-electron chi connectivity index (χ2n) is 4.83. The Morgan fingerprint density at radius 2 is 1.83 bits per heavy atom. The van der Waals surface area contributed by atoms with Gasteiger partial charge in [0.05, 0.1) is 0 Å². The van der Waals surface area contributed by atoms with Crippen molar-refractivity contribution in [3.8, 4) is 0 Å². The average Bonchev–Trinajstić information content (AvgIpc) is 2.86. The van der Waals surface area contributed by atoms with Crippen molar-refractivity contribution in [1.29, 1.82) is 0 Å². The molecular formula is C13H21N3O2. The van der Waals surface area contributed by atoms with E-state index in [9.17, 15) is 9.59 Å². The first kappa shape index (κ1) is 13.1. The first-order chi connectivity index (χ1) is 8.72. The normalized spacial score (nSPS) is 16.3. The number of rotatable bonds is 5. The Kier molecular flexibility index (Phi) is 4.36. The summed E-state index contributed by atoms with van der Waals surface area (Å²) >= 11 is 0. The van der Waals surface area contributed by atoms with Crippen molar-refractivity contribution >= 4 is 0 Å². The van der Waals surface area contributed by atoms with Crippen LogP contribution in [0.2, 0.25) is 0 Å². The lowest BCUT2D eigenvalue weighted by Gasteiger charge is -2.15. The van der Waals surface area contributed by atoms with Gasteiger partial charge in [0.2, 0.25) is 0 Å². The van der Waals surface area contributed by atoms with Crippen molar-refractivity contribution in [3.63, 3.8) is 0 Å². The highest BCUT2D eigenvalue weighted by atomic mass is 16.2. The summed E-state index contributed by atoms with van der Waals surface area (Å²) in [6.07, 6.45) is 4.94. The van der Waals surface area contributed by atoms with Crippen molar-refractivity contribution < 1.29 is 0 Å². The first-order valence-electron chi connectivity index (χ1n) is 6.75. The topological polar surface area (TPSA) is 47.2 Å². The number of hydrogen-bond acceptors (Lipinski definition) is 3. The molecule has 2 rings (SSSR count). The molecule has 0 aromatic carbocycles. The highest BCUT2D eigenvalue weighted by molar-refractivity contribution is 4.86. The van der Waals surface area contributed by atoms with Crippen LogP contribution >= 0.6 is 0 Å². The Balaban J connectivity index is 2.12. The highest BCUT2D eigenvalue weighted by Crippen LogP contribution is 2.06. The van der Waals surface area contributed by atoms with E-state index in [4.69, 9.17) is 0 Å². The van der Waals surface area contributed by atoms with E-state index in [0.717, 1.165) is 26.1 Å². The quantitative estimate of drug-likeness (QED) is 0.766. The van der Waals surface area contributed by atoms with Crippen LogP contribution in [0.15, 0.2) is 21.9 Å². The SMILES string of the molecule is CCCn1ccc(=O)n(CCN2CCCC2)c1=O. The van der Waals surface area contributed by atoms with Crippen LogP contribution in [0, 0.1) is 0 Å². The van der Waals surface area contributed by atoms with E-state index in [1.165, 1.54) is 23.5 Å². The molecule has 0 radical (unpaired) electrons. The van der Waals surface area contributed by atoms with Gasteiger partial charge >= 0.3 is 5.69 Å². The zero-order valence-electron chi connectivity index (χ0n) is 11.0. The van der Waals surface area contributed by atoms with Crippen molar-refractivity contribution in [3.05, 3.63) is 33.1 Å². The summed E-state index contributed by atoms with van der Waals surface area (Å²) < 4.78 is 2.97. The Morgan fingerprint density at radius 3 is 2.50 bits per heavy atom. The predicted molar refractivity (Wildman–Crippen MR) is 70.9 cm³/mol. The van der Waals surface area contributed by atoms with Gasteiger partial charge in [0.1, 0.15) is 0 Å². The molecule has 0 unspecified atom stereocenters. The molecule has 1 saturated heterocycles. The van der Waals surface area contributed by atoms with Crippen LogP contribution in [0.3, 0.4) is 0 Å². The zero-order valence-corrected chi connectivity index (χ0v) is 11.0. The third kappa shape index (κ3) is 2.90. The predicted octanol–water partition coefficient (Wildman–Crippen LogP) is 0.516. The van der Waals surface area contributed by atoms with Crippen molar-refractivity contribution in [2.24, 2.45) is 0 Å². The molecule has 18 heavy (non-hydrogen) atoms. The Hall–Kier alpha value is -1.36. The minimum Gasteiger partial charge on any atom is -0.302 e. The molecule has 0 spiro atoms. The number of likely N-dealkylation sites (tertiary alicyclic amines) is 1. The number of aromatic nitrogens is 2. The Labute approximate surface area is 107 Å². The lowest BCUT2D eigenvalue weighted by molar-refractivity contribution is 0.315. The lowest BCUT2D eigenvalue weighted by atomic mass is 10.4. The fourth-order valence-corrected chi connectivity index (χ4v) is 2.42. The van der Waals surface area contributed by atoms with Gasteiger partial charge < -0.3 is 9.47 Å². The molecule has 1 aromatic heterocycles. The molecule has 1 fully saturated rings. The molecule has 0 N–H and O–H groups in total. The summed E-state index contributed by atoms with van der Waals surface area (Å²) in [6, 6.07) is 1.49. The first-order valence-corrected chi connectivity index (χ1v) is 6.75. The van der Waals surface area contributed by atoms with E-state index in [1.54, 1.807) is 10.8 Å². The highest BCUT2D eigenvalue weighted by Gasteiger charge is 2.12.